The van der Waals surface area contributed by atoms with E-state index in [-0.39, 0.29) is 10.6 Å². The van der Waals surface area contributed by atoms with Crippen LogP contribution in [-0.4, -0.2) is 35.6 Å². The van der Waals surface area contributed by atoms with E-state index in [4.69, 9.17) is 5.11 Å². The van der Waals surface area contributed by atoms with E-state index in [9.17, 15) is 26.7 Å². The van der Waals surface area contributed by atoms with Gasteiger partial charge in [-0.3, -0.25) is 4.79 Å². The van der Waals surface area contributed by atoms with Crippen LogP contribution in [0.15, 0.2) is 23.1 Å². The SMILES string of the molecule is O=C(CSc1ccc(F)c(F)c1)NCC(O)C(F)(F)F. The van der Waals surface area contributed by atoms with E-state index in [1.165, 1.54) is 6.07 Å². The Bertz CT molecular complexity index is 480. The van der Waals surface area contributed by atoms with Crippen LogP contribution in [-0.2, 0) is 4.79 Å². The first-order chi connectivity index (χ1) is 9.20. The molecule has 3 nitrogen and oxygen atoms in total. The van der Waals surface area contributed by atoms with Crippen LogP contribution in [0.3, 0.4) is 0 Å². The number of carbonyl (C=O) groups is 1. The number of rotatable bonds is 5. The average Bonchev–Trinajstić information content (AvgIpc) is 2.36. The quantitative estimate of drug-likeness (QED) is 0.646. The maximum Gasteiger partial charge on any atom is 0.416 e. The van der Waals surface area contributed by atoms with E-state index in [1.807, 2.05) is 5.32 Å². The molecule has 1 aromatic carbocycles. The lowest BCUT2D eigenvalue weighted by Gasteiger charge is -2.14. The molecule has 0 heterocycles. The number of amides is 1. The Morgan fingerprint density at radius 1 is 1.30 bits per heavy atom. The Labute approximate surface area is 115 Å². The van der Waals surface area contributed by atoms with Gasteiger partial charge >= 0.3 is 6.18 Å². The maximum absolute atomic E-state index is 12.8. The van der Waals surface area contributed by atoms with Gasteiger partial charge in [0.2, 0.25) is 5.91 Å². The van der Waals surface area contributed by atoms with Crippen molar-refractivity contribution in [2.45, 2.75) is 17.2 Å². The summed E-state index contributed by atoms with van der Waals surface area (Å²) in [6.45, 7) is -0.958. The van der Waals surface area contributed by atoms with Crippen molar-refractivity contribution in [1.82, 2.24) is 5.32 Å². The minimum absolute atomic E-state index is 0.260. The Morgan fingerprint density at radius 2 is 1.95 bits per heavy atom. The van der Waals surface area contributed by atoms with Crippen LogP contribution in [0.25, 0.3) is 0 Å². The van der Waals surface area contributed by atoms with E-state index < -0.39 is 36.4 Å². The highest BCUT2D eigenvalue weighted by Gasteiger charge is 2.38. The molecule has 0 spiro atoms. The number of alkyl halides is 3. The molecule has 1 unspecified atom stereocenters. The van der Waals surface area contributed by atoms with Crippen LogP contribution < -0.4 is 5.32 Å². The molecule has 112 valence electrons. The van der Waals surface area contributed by atoms with Crippen molar-refractivity contribution in [3.63, 3.8) is 0 Å². The predicted octanol–water partition coefficient (Wildman–Crippen LogP) is 2.10. The topological polar surface area (TPSA) is 49.3 Å². The summed E-state index contributed by atoms with van der Waals surface area (Å²) < 4.78 is 61.3. The lowest BCUT2D eigenvalue weighted by atomic mass is 10.3. The van der Waals surface area contributed by atoms with Gasteiger partial charge in [0.25, 0.3) is 0 Å². The normalized spacial score (nSPS) is 13.1. The zero-order chi connectivity index (χ0) is 15.3. The maximum atomic E-state index is 12.8. The van der Waals surface area contributed by atoms with Crippen molar-refractivity contribution in [2.75, 3.05) is 12.3 Å². The monoisotopic (exact) mass is 315 g/mol. The van der Waals surface area contributed by atoms with Gasteiger partial charge in [-0.15, -0.1) is 11.8 Å². The van der Waals surface area contributed by atoms with Crippen LogP contribution in [0, 0.1) is 11.6 Å². The summed E-state index contributed by atoms with van der Waals surface area (Å²) in [5.41, 5.74) is 0. The first-order valence-corrected chi connectivity index (χ1v) is 6.28. The molecule has 0 aliphatic rings. The molecule has 2 N–H and O–H groups in total. The first kappa shape index (κ1) is 16.7. The number of benzene rings is 1. The number of hydrogen-bond donors (Lipinski definition) is 2. The molecule has 0 saturated carbocycles. The molecule has 9 heteroatoms. The molecule has 1 atom stereocenters. The Balaban J connectivity index is 2.38. The third-order valence-electron chi connectivity index (χ3n) is 2.13. The Hall–Kier alpha value is -1.35. The summed E-state index contributed by atoms with van der Waals surface area (Å²) in [5, 5.41) is 10.5. The molecule has 0 aromatic heterocycles. The molecule has 1 rings (SSSR count). The van der Waals surface area contributed by atoms with Gasteiger partial charge in [-0.05, 0) is 18.2 Å². The van der Waals surface area contributed by atoms with Crippen LogP contribution in [0.4, 0.5) is 22.0 Å². The summed E-state index contributed by atoms with van der Waals surface area (Å²) in [5.74, 6) is -3.16. The van der Waals surface area contributed by atoms with Gasteiger partial charge < -0.3 is 10.4 Å². The molecule has 20 heavy (non-hydrogen) atoms. The number of hydrogen-bond acceptors (Lipinski definition) is 3. The molecule has 0 bridgehead atoms. The number of aliphatic hydroxyl groups excluding tert-OH is 1. The van der Waals surface area contributed by atoms with Crippen LogP contribution in [0.2, 0.25) is 0 Å². The number of halogens is 5. The summed E-state index contributed by atoms with van der Waals surface area (Å²) in [7, 11) is 0. The second-order valence-corrected chi connectivity index (χ2v) is 4.77. The van der Waals surface area contributed by atoms with E-state index in [2.05, 4.69) is 0 Å². The third-order valence-corrected chi connectivity index (χ3v) is 3.13. The minimum atomic E-state index is -4.81. The largest absolute Gasteiger partial charge is 0.416 e. The zero-order valence-electron chi connectivity index (χ0n) is 9.88. The van der Waals surface area contributed by atoms with Gasteiger partial charge in [-0.2, -0.15) is 13.2 Å². The van der Waals surface area contributed by atoms with Crippen LogP contribution in [0.5, 0.6) is 0 Å². The fourth-order valence-corrected chi connectivity index (χ4v) is 1.84. The van der Waals surface area contributed by atoms with Gasteiger partial charge in [-0.25, -0.2) is 8.78 Å². The molecule has 1 aromatic rings. The van der Waals surface area contributed by atoms with E-state index in [0.717, 1.165) is 23.9 Å². The van der Waals surface area contributed by atoms with E-state index >= 15 is 0 Å². The number of nitrogens with one attached hydrogen (secondary N) is 1. The van der Waals surface area contributed by atoms with E-state index in [1.54, 1.807) is 0 Å². The molecule has 0 aliphatic heterocycles. The molecule has 0 radical (unpaired) electrons. The molecule has 0 fully saturated rings. The minimum Gasteiger partial charge on any atom is -0.382 e. The molecule has 1 amide bonds. The number of aliphatic hydroxyl groups is 1. The van der Waals surface area contributed by atoms with Gasteiger partial charge in [0, 0.05) is 4.90 Å². The summed E-state index contributed by atoms with van der Waals surface area (Å²) in [6.07, 6.45) is -7.44. The van der Waals surface area contributed by atoms with Crippen molar-refractivity contribution in [2.24, 2.45) is 0 Å². The van der Waals surface area contributed by atoms with Crippen molar-refractivity contribution < 1.29 is 31.9 Å². The van der Waals surface area contributed by atoms with Crippen molar-refractivity contribution in [3.8, 4) is 0 Å². The summed E-state index contributed by atoms with van der Waals surface area (Å²) in [6, 6.07) is 2.99. The molecular weight excluding hydrogens is 305 g/mol. The predicted molar refractivity (Wildman–Crippen MR) is 62.2 cm³/mol. The Kier molecular flexibility index (Phi) is 5.75. The van der Waals surface area contributed by atoms with Crippen LogP contribution >= 0.6 is 11.8 Å². The second-order valence-electron chi connectivity index (χ2n) is 3.73. The summed E-state index contributed by atoms with van der Waals surface area (Å²) in [4.78, 5) is 11.5. The Morgan fingerprint density at radius 3 is 2.50 bits per heavy atom. The molecular formula is C11H10F5NO2S. The second kappa shape index (κ2) is 6.89. The average molecular weight is 315 g/mol. The van der Waals surface area contributed by atoms with Gasteiger partial charge in [0.05, 0.1) is 12.3 Å². The van der Waals surface area contributed by atoms with Crippen molar-refractivity contribution >= 4 is 17.7 Å². The lowest BCUT2D eigenvalue weighted by Crippen LogP contribution is -2.41. The number of carbonyl (C=O) groups excluding carboxylic acids is 1. The summed E-state index contributed by atoms with van der Waals surface area (Å²) >= 11 is 0.829. The van der Waals surface area contributed by atoms with Crippen LogP contribution in [0.1, 0.15) is 0 Å². The van der Waals surface area contributed by atoms with Crippen molar-refractivity contribution in [3.05, 3.63) is 29.8 Å². The zero-order valence-corrected chi connectivity index (χ0v) is 10.7. The lowest BCUT2D eigenvalue weighted by molar-refractivity contribution is -0.201. The standard InChI is InChI=1S/C11H10F5NO2S/c12-7-2-1-6(3-8(7)13)20-5-10(19)17-4-9(18)11(14,15)16/h1-3,9,18H,4-5H2,(H,17,19). The fraction of sp³-hybridized carbons (Fsp3) is 0.364. The fourth-order valence-electron chi connectivity index (χ4n) is 1.09. The highest BCUT2D eigenvalue weighted by molar-refractivity contribution is 8.00. The molecule has 0 aliphatic carbocycles. The highest BCUT2D eigenvalue weighted by atomic mass is 32.2. The third kappa shape index (κ3) is 5.33. The number of thioether (sulfide) groups is 1. The highest BCUT2D eigenvalue weighted by Crippen LogP contribution is 2.21. The van der Waals surface area contributed by atoms with Gasteiger partial charge in [-0.1, -0.05) is 0 Å². The van der Waals surface area contributed by atoms with E-state index in [0.29, 0.717) is 0 Å². The van der Waals surface area contributed by atoms with Gasteiger partial charge in [0.1, 0.15) is 0 Å². The van der Waals surface area contributed by atoms with Crippen molar-refractivity contribution in [1.29, 1.82) is 0 Å². The molecule has 0 saturated heterocycles. The first-order valence-electron chi connectivity index (χ1n) is 5.29. The van der Waals surface area contributed by atoms with Gasteiger partial charge in [0.15, 0.2) is 17.7 Å². The smallest absolute Gasteiger partial charge is 0.382 e.